The van der Waals surface area contributed by atoms with E-state index in [4.69, 9.17) is 9.15 Å². The zero-order valence-electron chi connectivity index (χ0n) is 13.6. The van der Waals surface area contributed by atoms with Crippen LogP contribution >= 0.6 is 11.3 Å². The molecule has 0 aliphatic rings. The van der Waals surface area contributed by atoms with Crippen LogP contribution in [0.5, 0.6) is 0 Å². The Balaban J connectivity index is 1.61. The monoisotopic (exact) mass is 376 g/mol. The third-order valence-corrected chi connectivity index (χ3v) is 3.90. The summed E-state index contributed by atoms with van der Waals surface area (Å²) in [6.45, 7) is 1.76. The van der Waals surface area contributed by atoms with Crippen LogP contribution in [-0.4, -0.2) is 31.1 Å². The van der Waals surface area contributed by atoms with Crippen molar-refractivity contribution in [2.24, 2.45) is 4.99 Å². The van der Waals surface area contributed by atoms with Crippen LogP contribution in [0.15, 0.2) is 33.2 Å². The number of halogens is 3. The summed E-state index contributed by atoms with van der Waals surface area (Å²) in [5, 5.41) is 7.34. The summed E-state index contributed by atoms with van der Waals surface area (Å²) in [6, 6.07) is 3.64. The van der Waals surface area contributed by atoms with Gasteiger partial charge in [0.15, 0.2) is 11.7 Å². The highest BCUT2D eigenvalue weighted by molar-refractivity contribution is 7.09. The Kier molecular flexibility index (Phi) is 7.26. The van der Waals surface area contributed by atoms with Crippen molar-refractivity contribution in [3.05, 3.63) is 40.2 Å². The highest BCUT2D eigenvalue weighted by atomic mass is 32.1. The van der Waals surface area contributed by atoms with Crippen molar-refractivity contribution in [1.29, 1.82) is 0 Å². The minimum Gasteiger partial charge on any atom is -0.467 e. The van der Waals surface area contributed by atoms with E-state index in [9.17, 15) is 13.2 Å². The average Bonchev–Trinajstić information content (AvgIpc) is 3.24. The predicted molar refractivity (Wildman–Crippen MR) is 88.3 cm³/mol. The third-order valence-electron chi connectivity index (χ3n) is 3.06. The summed E-state index contributed by atoms with van der Waals surface area (Å²) in [7, 11) is 1.59. The Hall–Kier alpha value is -2.07. The Morgan fingerprint density at radius 2 is 2.24 bits per heavy atom. The molecule has 2 aromatic rings. The molecule has 25 heavy (non-hydrogen) atoms. The molecule has 0 amide bonds. The highest BCUT2D eigenvalue weighted by Crippen LogP contribution is 2.29. The quantitative estimate of drug-likeness (QED) is 0.421. The molecule has 2 N–H and O–H groups in total. The fourth-order valence-electron chi connectivity index (χ4n) is 1.85. The van der Waals surface area contributed by atoms with Gasteiger partial charge in [0.05, 0.1) is 12.8 Å². The minimum atomic E-state index is -4.41. The number of aliphatic imine (C=N–C) groups is 1. The van der Waals surface area contributed by atoms with Gasteiger partial charge in [-0.15, -0.1) is 11.3 Å². The first kappa shape index (κ1) is 19.3. The Morgan fingerprint density at radius 3 is 2.88 bits per heavy atom. The number of guanidine groups is 1. The van der Waals surface area contributed by atoms with Crippen LogP contribution in [-0.2, 0) is 24.1 Å². The van der Waals surface area contributed by atoms with Crippen LogP contribution in [0.3, 0.4) is 0 Å². The van der Waals surface area contributed by atoms with Crippen molar-refractivity contribution in [1.82, 2.24) is 15.6 Å². The van der Waals surface area contributed by atoms with E-state index < -0.39 is 11.9 Å². The van der Waals surface area contributed by atoms with Gasteiger partial charge in [-0.25, -0.2) is 4.98 Å². The van der Waals surface area contributed by atoms with E-state index in [2.05, 4.69) is 20.6 Å². The minimum absolute atomic E-state index is 0.176. The van der Waals surface area contributed by atoms with Gasteiger partial charge in [0, 0.05) is 25.6 Å². The molecule has 0 aromatic carbocycles. The number of thiazole rings is 1. The first-order valence-electron chi connectivity index (χ1n) is 7.55. The average molecular weight is 376 g/mol. The van der Waals surface area contributed by atoms with Gasteiger partial charge >= 0.3 is 6.18 Å². The summed E-state index contributed by atoms with van der Waals surface area (Å²) < 4.78 is 48.1. The summed E-state index contributed by atoms with van der Waals surface area (Å²) in [6.07, 6.45) is -2.07. The van der Waals surface area contributed by atoms with E-state index in [-0.39, 0.29) is 6.54 Å². The number of hydrogen-bond acceptors (Lipinski definition) is 5. The van der Waals surface area contributed by atoms with Gasteiger partial charge < -0.3 is 19.8 Å². The van der Waals surface area contributed by atoms with Crippen molar-refractivity contribution < 1.29 is 22.3 Å². The van der Waals surface area contributed by atoms with Crippen molar-refractivity contribution in [2.75, 3.05) is 20.2 Å². The molecule has 138 valence electrons. The molecule has 0 unspecified atom stereocenters. The zero-order valence-corrected chi connectivity index (χ0v) is 14.4. The van der Waals surface area contributed by atoms with E-state index in [1.165, 1.54) is 0 Å². The number of alkyl halides is 3. The van der Waals surface area contributed by atoms with Crippen molar-refractivity contribution in [3.8, 4) is 0 Å². The lowest BCUT2D eigenvalue weighted by molar-refractivity contribution is -0.140. The SMILES string of the molecule is CN=C(NCCCOCc1ccco1)NCc1nc(C(F)(F)F)cs1. The second-order valence-electron chi connectivity index (χ2n) is 4.96. The van der Waals surface area contributed by atoms with Crippen LogP contribution in [0.4, 0.5) is 13.2 Å². The van der Waals surface area contributed by atoms with Crippen molar-refractivity contribution in [2.45, 2.75) is 25.7 Å². The molecular formula is C15H19F3N4O2S. The first-order chi connectivity index (χ1) is 12.0. The number of aromatic nitrogens is 1. The molecule has 0 fully saturated rings. The van der Waals surface area contributed by atoms with E-state index >= 15 is 0 Å². The number of rotatable bonds is 8. The summed E-state index contributed by atoms with van der Waals surface area (Å²) >= 11 is 0.957. The van der Waals surface area contributed by atoms with Crippen molar-refractivity contribution in [3.63, 3.8) is 0 Å². The molecule has 0 bridgehead atoms. The van der Waals surface area contributed by atoms with Crippen LogP contribution in [0.1, 0.15) is 22.9 Å². The van der Waals surface area contributed by atoms with Gasteiger partial charge in [-0.2, -0.15) is 13.2 Å². The predicted octanol–water partition coefficient (Wildman–Crippen LogP) is 3.03. The molecule has 6 nitrogen and oxygen atoms in total. The van der Waals surface area contributed by atoms with Crippen LogP contribution < -0.4 is 10.6 Å². The molecule has 0 atom stereocenters. The fourth-order valence-corrected chi connectivity index (χ4v) is 2.59. The van der Waals surface area contributed by atoms with Crippen LogP contribution in [0, 0.1) is 0 Å². The van der Waals surface area contributed by atoms with Gasteiger partial charge in [0.1, 0.15) is 17.4 Å². The summed E-state index contributed by atoms with van der Waals surface area (Å²) in [5.74, 6) is 1.27. The molecule has 2 heterocycles. The summed E-state index contributed by atoms with van der Waals surface area (Å²) in [4.78, 5) is 7.56. The van der Waals surface area contributed by atoms with E-state index in [1.54, 1.807) is 19.4 Å². The number of hydrogen-bond donors (Lipinski definition) is 2. The highest BCUT2D eigenvalue weighted by Gasteiger charge is 2.33. The van der Waals surface area contributed by atoms with E-state index in [0.717, 1.165) is 28.9 Å². The molecule has 10 heteroatoms. The third kappa shape index (κ3) is 6.75. The number of nitrogens with zero attached hydrogens (tertiary/aromatic N) is 2. The van der Waals surface area contributed by atoms with Gasteiger partial charge in [-0.1, -0.05) is 0 Å². The van der Waals surface area contributed by atoms with Crippen LogP contribution in [0.2, 0.25) is 0 Å². The second kappa shape index (κ2) is 9.42. The number of nitrogens with one attached hydrogen (secondary N) is 2. The standard InChI is InChI=1S/C15H19F3N4O2S/c1-19-14(20-5-3-6-23-9-11-4-2-7-24-11)21-8-13-22-12(10-25-13)15(16,17)18/h2,4,7,10H,3,5-6,8-9H2,1H3,(H2,19,20,21). The van der Waals surface area contributed by atoms with Gasteiger partial charge in [0.25, 0.3) is 0 Å². The molecule has 0 saturated carbocycles. The zero-order chi connectivity index (χ0) is 18.1. The Bertz CT molecular complexity index is 656. The lowest BCUT2D eigenvalue weighted by Crippen LogP contribution is -2.37. The number of ether oxygens (including phenoxy) is 1. The van der Waals surface area contributed by atoms with Crippen molar-refractivity contribution >= 4 is 17.3 Å². The normalized spacial score (nSPS) is 12.4. The fraction of sp³-hybridized carbons (Fsp3) is 0.467. The maximum atomic E-state index is 12.5. The smallest absolute Gasteiger partial charge is 0.434 e. The summed E-state index contributed by atoms with van der Waals surface area (Å²) in [5.41, 5.74) is -0.869. The Morgan fingerprint density at radius 1 is 1.40 bits per heavy atom. The van der Waals surface area contributed by atoms with Gasteiger partial charge in [-0.3, -0.25) is 4.99 Å². The molecule has 0 spiro atoms. The largest absolute Gasteiger partial charge is 0.467 e. The molecule has 0 saturated heterocycles. The van der Waals surface area contributed by atoms with E-state index in [1.807, 2.05) is 6.07 Å². The molecule has 2 aromatic heterocycles. The topological polar surface area (TPSA) is 71.7 Å². The molecular weight excluding hydrogens is 357 g/mol. The maximum Gasteiger partial charge on any atom is 0.434 e. The number of furan rings is 1. The van der Waals surface area contributed by atoms with Gasteiger partial charge in [0.2, 0.25) is 0 Å². The van der Waals surface area contributed by atoms with Gasteiger partial charge in [-0.05, 0) is 18.6 Å². The lowest BCUT2D eigenvalue weighted by atomic mass is 10.4. The molecule has 0 radical (unpaired) electrons. The first-order valence-corrected chi connectivity index (χ1v) is 8.43. The van der Waals surface area contributed by atoms with E-state index in [0.29, 0.717) is 30.7 Å². The molecule has 0 aliphatic carbocycles. The lowest BCUT2D eigenvalue weighted by Gasteiger charge is -2.10. The maximum absolute atomic E-state index is 12.5. The molecule has 0 aliphatic heterocycles. The second-order valence-corrected chi connectivity index (χ2v) is 5.90. The Labute approximate surface area is 147 Å². The van der Waals surface area contributed by atoms with Crippen LogP contribution in [0.25, 0.3) is 0 Å². The molecule has 2 rings (SSSR count).